The van der Waals surface area contributed by atoms with Crippen molar-refractivity contribution in [1.29, 1.82) is 0 Å². The van der Waals surface area contributed by atoms with Crippen molar-refractivity contribution in [3.63, 3.8) is 0 Å². The Kier molecular flexibility index (Phi) is 8.73. The second kappa shape index (κ2) is 11.5. The minimum atomic E-state index is -2.53. The van der Waals surface area contributed by atoms with Gasteiger partial charge in [-0.05, 0) is 42.4 Å². The van der Waals surface area contributed by atoms with Gasteiger partial charge >= 0.3 is 14.1 Å². The third kappa shape index (κ3) is 6.44. The zero-order chi connectivity index (χ0) is 22.2. The molecule has 0 heterocycles. The lowest BCUT2D eigenvalue weighted by Gasteiger charge is -2.16. The maximum absolute atomic E-state index is 12.8. The standard InChI is InChI=1S/C23H23ClNO4PS/c1-16(17-8-4-3-5-9-17)28-23(26)21(14-15-31-2)25-30(27)29-22-19-11-7-6-10-18(19)12-13-20(22)24/h3-13,16,21H,14-15H2,1-2H3/t16-,21-/m0/s1. The highest BCUT2D eigenvalue weighted by atomic mass is 35.5. The number of halogens is 1. The van der Waals surface area contributed by atoms with Gasteiger partial charge in [0.05, 0.1) is 5.02 Å². The van der Waals surface area contributed by atoms with Crippen molar-refractivity contribution < 1.29 is 18.9 Å². The minimum Gasteiger partial charge on any atom is -0.575 e. The van der Waals surface area contributed by atoms with Crippen LogP contribution in [0.2, 0.25) is 5.02 Å². The molecule has 3 aromatic rings. The van der Waals surface area contributed by atoms with E-state index in [4.69, 9.17) is 20.9 Å². The van der Waals surface area contributed by atoms with Crippen LogP contribution in [0.3, 0.4) is 0 Å². The van der Waals surface area contributed by atoms with E-state index in [-0.39, 0.29) is 0 Å². The fraction of sp³-hybridized carbons (Fsp3) is 0.261. The van der Waals surface area contributed by atoms with Crippen molar-refractivity contribution in [2.75, 3.05) is 12.0 Å². The number of nitrogens with zero attached hydrogens (tertiary/aromatic N) is 1. The summed E-state index contributed by atoms with van der Waals surface area (Å²) in [5, 5.41) is 1.97. The smallest absolute Gasteiger partial charge is 0.395 e. The first-order valence-corrected chi connectivity index (χ1v) is 12.7. The highest BCUT2D eigenvalue weighted by Gasteiger charge is 2.26. The van der Waals surface area contributed by atoms with Crippen LogP contribution in [-0.2, 0) is 9.53 Å². The molecule has 0 aliphatic rings. The maximum atomic E-state index is 12.8. The van der Waals surface area contributed by atoms with Gasteiger partial charge in [-0.1, -0.05) is 77.0 Å². The lowest BCUT2D eigenvalue weighted by Crippen LogP contribution is -2.24. The molecule has 162 valence electrons. The first-order valence-electron chi connectivity index (χ1n) is 9.77. The summed E-state index contributed by atoms with van der Waals surface area (Å²) in [6.45, 7) is 1.80. The zero-order valence-electron chi connectivity index (χ0n) is 17.2. The molecule has 0 N–H and O–H groups in total. The normalized spacial score (nSPS) is 13.6. The van der Waals surface area contributed by atoms with Crippen LogP contribution in [0.15, 0.2) is 71.5 Å². The first kappa shape index (κ1) is 23.6. The summed E-state index contributed by atoms with van der Waals surface area (Å²) in [5.41, 5.74) is 0.877. The molecule has 0 fully saturated rings. The van der Waals surface area contributed by atoms with E-state index in [1.807, 2.05) is 66.9 Å². The largest absolute Gasteiger partial charge is 0.575 e. The number of ether oxygens (including phenoxy) is 1. The minimum absolute atomic E-state index is 0.291. The van der Waals surface area contributed by atoms with Crippen molar-refractivity contribution >= 4 is 48.3 Å². The topological polar surface area (TPSA) is 71.0 Å². The van der Waals surface area contributed by atoms with E-state index in [0.717, 1.165) is 16.3 Å². The quantitative estimate of drug-likeness (QED) is 0.274. The molecule has 0 aliphatic carbocycles. The molecule has 0 bridgehead atoms. The number of hydrogen-bond donors (Lipinski definition) is 0. The van der Waals surface area contributed by atoms with E-state index < -0.39 is 26.3 Å². The van der Waals surface area contributed by atoms with E-state index in [9.17, 15) is 9.69 Å². The van der Waals surface area contributed by atoms with Crippen LogP contribution < -0.4 is 9.42 Å². The van der Waals surface area contributed by atoms with Gasteiger partial charge in [-0.2, -0.15) is 11.8 Å². The van der Waals surface area contributed by atoms with Gasteiger partial charge in [0, 0.05) is 5.39 Å². The van der Waals surface area contributed by atoms with E-state index in [1.54, 1.807) is 24.8 Å². The van der Waals surface area contributed by atoms with Crippen molar-refractivity contribution in [1.82, 2.24) is 0 Å². The summed E-state index contributed by atoms with van der Waals surface area (Å²) in [5.74, 6) is 0.432. The van der Waals surface area contributed by atoms with Crippen LogP contribution in [0.5, 0.6) is 5.75 Å². The molecule has 5 nitrogen and oxygen atoms in total. The van der Waals surface area contributed by atoms with E-state index in [2.05, 4.69) is 4.74 Å². The molecule has 8 heteroatoms. The Hall–Kier alpha value is -2.11. The van der Waals surface area contributed by atoms with Gasteiger partial charge in [-0.3, -0.25) is 4.52 Å². The Morgan fingerprint density at radius 1 is 1.13 bits per heavy atom. The lowest BCUT2D eigenvalue weighted by atomic mass is 10.1. The van der Waals surface area contributed by atoms with Crippen LogP contribution in [0.25, 0.3) is 10.8 Å². The molecule has 3 aromatic carbocycles. The Morgan fingerprint density at radius 2 is 1.84 bits per heavy atom. The fourth-order valence-electron chi connectivity index (χ4n) is 3.02. The molecule has 0 radical (unpaired) electrons. The highest BCUT2D eigenvalue weighted by molar-refractivity contribution is 7.98. The van der Waals surface area contributed by atoms with Crippen LogP contribution in [0.1, 0.15) is 25.0 Å². The highest BCUT2D eigenvalue weighted by Crippen LogP contribution is 2.38. The molecule has 0 spiro atoms. The summed E-state index contributed by atoms with van der Waals surface area (Å²) < 4.78 is 15.3. The second-order valence-electron chi connectivity index (χ2n) is 6.83. The fourth-order valence-corrected chi connectivity index (χ4v) is 4.58. The molecule has 3 rings (SSSR count). The average Bonchev–Trinajstić information content (AvgIpc) is 2.79. The van der Waals surface area contributed by atoms with E-state index >= 15 is 0 Å². The van der Waals surface area contributed by atoms with Gasteiger partial charge in [-0.15, -0.1) is 0 Å². The SMILES string of the molecule is CSCC[C@H](N=[P+]([O-])Oc1c(Cl)ccc2ccccc12)C(=O)O[C@@H](C)c1ccccc1. The number of hydrogen-bond acceptors (Lipinski definition) is 6. The van der Waals surface area contributed by atoms with Crippen molar-refractivity contribution in [2.45, 2.75) is 25.5 Å². The summed E-state index contributed by atoms with van der Waals surface area (Å²) >= 11 is 7.85. The summed E-state index contributed by atoms with van der Waals surface area (Å²) in [4.78, 5) is 25.5. The predicted octanol–water partition coefficient (Wildman–Crippen LogP) is 6.15. The first-order chi connectivity index (χ1) is 15.0. The Labute approximate surface area is 192 Å². The molecule has 3 atom stereocenters. The van der Waals surface area contributed by atoms with Crippen LogP contribution in [0.4, 0.5) is 0 Å². The molecule has 31 heavy (non-hydrogen) atoms. The van der Waals surface area contributed by atoms with Gasteiger partial charge in [0.1, 0.15) is 6.10 Å². The van der Waals surface area contributed by atoms with Gasteiger partial charge in [0.15, 0.2) is 6.04 Å². The van der Waals surface area contributed by atoms with E-state index in [1.165, 1.54) is 0 Å². The molecule has 1 unspecified atom stereocenters. The molecule has 0 amide bonds. The summed E-state index contributed by atoms with van der Waals surface area (Å²) in [6, 6.07) is 19.6. The average molecular weight is 476 g/mol. The van der Waals surface area contributed by atoms with Gasteiger partial charge in [0.25, 0.3) is 0 Å². The Morgan fingerprint density at radius 3 is 2.58 bits per heavy atom. The Balaban J connectivity index is 1.79. The van der Waals surface area contributed by atoms with Crippen LogP contribution in [-0.4, -0.2) is 24.0 Å². The summed E-state index contributed by atoms with van der Waals surface area (Å²) in [7, 11) is -2.53. The van der Waals surface area contributed by atoms with Crippen molar-refractivity contribution in [3.8, 4) is 5.75 Å². The third-order valence-electron chi connectivity index (χ3n) is 4.66. The molecule has 0 aromatic heterocycles. The molecular weight excluding hydrogens is 453 g/mol. The van der Waals surface area contributed by atoms with Crippen LogP contribution in [0, 0.1) is 0 Å². The lowest BCUT2D eigenvalue weighted by molar-refractivity contribution is -0.170. The third-order valence-corrected chi connectivity index (χ3v) is 6.41. The predicted molar refractivity (Wildman–Crippen MR) is 127 cm³/mol. The number of benzene rings is 3. The summed E-state index contributed by atoms with van der Waals surface area (Å²) in [6.07, 6.45) is 1.89. The number of carbonyl (C=O) groups excluding carboxylic acids is 1. The molecular formula is C23H23ClNO4PS. The molecule has 0 saturated heterocycles. The second-order valence-corrected chi connectivity index (χ2v) is 9.11. The molecule has 0 saturated carbocycles. The van der Waals surface area contributed by atoms with Gasteiger partial charge < -0.3 is 9.63 Å². The molecule has 0 aliphatic heterocycles. The van der Waals surface area contributed by atoms with Gasteiger partial charge in [-0.25, -0.2) is 4.79 Å². The van der Waals surface area contributed by atoms with E-state index in [0.29, 0.717) is 22.9 Å². The van der Waals surface area contributed by atoms with Gasteiger partial charge in [0.2, 0.25) is 5.75 Å². The monoisotopic (exact) mass is 475 g/mol. The van der Waals surface area contributed by atoms with Crippen LogP contribution >= 0.6 is 31.5 Å². The Bertz CT molecular complexity index is 1060. The number of thioether (sulfide) groups is 1. The van der Waals surface area contributed by atoms with Crippen molar-refractivity contribution in [3.05, 3.63) is 77.3 Å². The number of fused-ring (bicyclic) bond motifs is 1. The number of rotatable bonds is 9. The number of carbonyl (C=O) groups is 1. The van der Waals surface area contributed by atoms with Crippen molar-refractivity contribution in [2.24, 2.45) is 4.74 Å². The zero-order valence-corrected chi connectivity index (χ0v) is 19.7. The maximum Gasteiger partial charge on any atom is 0.395 e. The number of esters is 1.